The van der Waals surface area contributed by atoms with Crippen molar-refractivity contribution in [3.05, 3.63) is 65.7 Å². The first-order valence-corrected chi connectivity index (χ1v) is 10.4. The van der Waals surface area contributed by atoms with Crippen LogP contribution in [0.2, 0.25) is 0 Å². The van der Waals surface area contributed by atoms with Crippen LogP contribution in [0.1, 0.15) is 22.8 Å². The first kappa shape index (κ1) is 19.8. The lowest BCUT2D eigenvalue weighted by molar-refractivity contribution is 0.0949. The number of carbonyl (C=O) groups is 1. The van der Waals surface area contributed by atoms with E-state index in [9.17, 15) is 13.2 Å². The molecule has 3 N–H and O–H groups in total. The van der Waals surface area contributed by atoms with Crippen molar-refractivity contribution < 1.29 is 17.9 Å². The number of nitrogens with zero attached hydrogens (tertiary/aromatic N) is 1. The number of hydrogen-bond acceptors (Lipinski definition) is 5. The van der Waals surface area contributed by atoms with E-state index in [2.05, 4.69) is 10.3 Å². The molecule has 0 bridgehead atoms. The summed E-state index contributed by atoms with van der Waals surface area (Å²) in [5, 5.41) is 8.80. The predicted molar refractivity (Wildman–Crippen MR) is 107 cm³/mol. The number of para-hydroxylation sites is 1. The number of rotatable bonds is 7. The molecule has 1 amide bonds. The first-order chi connectivity index (χ1) is 13.4. The largest absolute Gasteiger partial charge is 0.477 e. The highest BCUT2D eigenvalue weighted by Crippen LogP contribution is 2.22. The summed E-state index contributed by atoms with van der Waals surface area (Å²) in [6.45, 7) is 2.62. The fourth-order valence-electron chi connectivity index (χ4n) is 2.77. The highest BCUT2D eigenvalue weighted by Gasteiger charge is 2.15. The van der Waals surface area contributed by atoms with E-state index in [1.807, 2.05) is 31.2 Å². The van der Waals surface area contributed by atoms with Gasteiger partial charge in [-0.2, -0.15) is 0 Å². The zero-order chi connectivity index (χ0) is 20.1. The quantitative estimate of drug-likeness (QED) is 0.633. The Kier molecular flexibility index (Phi) is 5.91. The third kappa shape index (κ3) is 4.65. The number of carbonyl (C=O) groups excluding carboxylic acids is 1. The molecule has 8 heteroatoms. The van der Waals surface area contributed by atoms with Gasteiger partial charge in [0.1, 0.15) is 5.56 Å². The average molecular weight is 399 g/mol. The van der Waals surface area contributed by atoms with Gasteiger partial charge in [-0.3, -0.25) is 4.79 Å². The van der Waals surface area contributed by atoms with Crippen LogP contribution in [-0.4, -0.2) is 32.5 Å². The maximum Gasteiger partial charge on any atom is 0.256 e. The van der Waals surface area contributed by atoms with E-state index < -0.39 is 10.0 Å². The second-order valence-electron chi connectivity index (χ2n) is 6.16. The maximum atomic E-state index is 12.6. The number of benzene rings is 2. The van der Waals surface area contributed by atoms with E-state index in [1.165, 1.54) is 12.1 Å². The molecule has 3 aromatic rings. The lowest BCUT2D eigenvalue weighted by atomic mass is 10.1. The molecule has 0 saturated heterocycles. The van der Waals surface area contributed by atoms with Gasteiger partial charge in [0, 0.05) is 11.9 Å². The SMILES string of the molecule is CCOc1nc2ccccc2cc1C(=O)NCCc1ccc(S(N)(=O)=O)cc1. The lowest BCUT2D eigenvalue weighted by Gasteiger charge is -2.11. The van der Waals surface area contributed by atoms with E-state index in [4.69, 9.17) is 9.88 Å². The number of pyridine rings is 1. The van der Waals surface area contributed by atoms with E-state index in [-0.39, 0.29) is 10.8 Å². The lowest BCUT2D eigenvalue weighted by Crippen LogP contribution is -2.26. The molecule has 0 fully saturated rings. The number of aromatic nitrogens is 1. The Morgan fingerprint density at radius 1 is 1.14 bits per heavy atom. The summed E-state index contributed by atoms with van der Waals surface area (Å²) in [5.74, 6) is 0.0269. The van der Waals surface area contributed by atoms with Crippen molar-refractivity contribution in [3.8, 4) is 5.88 Å². The van der Waals surface area contributed by atoms with Crippen LogP contribution in [0.5, 0.6) is 5.88 Å². The van der Waals surface area contributed by atoms with Crippen LogP contribution >= 0.6 is 0 Å². The van der Waals surface area contributed by atoms with Crippen LogP contribution in [0.4, 0.5) is 0 Å². The summed E-state index contributed by atoms with van der Waals surface area (Å²) in [7, 11) is -3.71. The number of ether oxygens (including phenoxy) is 1. The highest BCUT2D eigenvalue weighted by molar-refractivity contribution is 7.89. The molecular formula is C20H21N3O4S. The Balaban J connectivity index is 1.70. The van der Waals surface area contributed by atoms with Gasteiger partial charge in [0.2, 0.25) is 15.9 Å². The molecule has 1 aromatic heterocycles. The van der Waals surface area contributed by atoms with Crippen LogP contribution in [-0.2, 0) is 16.4 Å². The molecule has 0 aliphatic carbocycles. The van der Waals surface area contributed by atoms with Gasteiger partial charge in [0.15, 0.2) is 0 Å². The fourth-order valence-corrected chi connectivity index (χ4v) is 3.28. The molecule has 2 aromatic carbocycles. The number of sulfonamides is 1. The molecule has 0 unspecified atom stereocenters. The number of hydrogen-bond donors (Lipinski definition) is 2. The molecule has 7 nitrogen and oxygen atoms in total. The Bertz CT molecular complexity index is 1100. The molecule has 0 aliphatic rings. The van der Waals surface area contributed by atoms with Gasteiger partial charge in [0.25, 0.3) is 5.91 Å². The minimum atomic E-state index is -3.71. The molecule has 0 radical (unpaired) electrons. The van der Waals surface area contributed by atoms with Crippen LogP contribution in [0.15, 0.2) is 59.5 Å². The second-order valence-corrected chi connectivity index (χ2v) is 7.72. The molecule has 1 heterocycles. The molecule has 28 heavy (non-hydrogen) atoms. The number of nitrogens with two attached hydrogens (primary N) is 1. The topological polar surface area (TPSA) is 111 Å². The third-order valence-electron chi connectivity index (χ3n) is 4.17. The van der Waals surface area contributed by atoms with Crippen LogP contribution in [0.3, 0.4) is 0 Å². The summed E-state index contributed by atoms with van der Waals surface area (Å²) in [4.78, 5) is 17.1. The number of amides is 1. The maximum absolute atomic E-state index is 12.6. The van der Waals surface area contributed by atoms with E-state index >= 15 is 0 Å². The summed E-state index contributed by atoms with van der Waals surface area (Å²) < 4.78 is 28.1. The van der Waals surface area contributed by atoms with Gasteiger partial charge in [0.05, 0.1) is 17.0 Å². The highest BCUT2D eigenvalue weighted by atomic mass is 32.2. The van der Waals surface area contributed by atoms with Gasteiger partial charge in [-0.15, -0.1) is 0 Å². The number of primary sulfonamides is 1. The van der Waals surface area contributed by atoms with Gasteiger partial charge in [-0.25, -0.2) is 18.5 Å². The molecular weight excluding hydrogens is 378 g/mol. The predicted octanol–water partition coefficient (Wildman–Crippen LogP) is 2.25. The van der Waals surface area contributed by atoms with Crippen molar-refractivity contribution in [2.75, 3.05) is 13.2 Å². The Morgan fingerprint density at radius 2 is 1.86 bits per heavy atom. The standard InChI is InChI=1S/C20H21N3O4S/c1-2-27-20-17(13-15-5-3-4-6-18(15)23-20)19(24)22-12-11-14-7-9-16(10-8-14)28(21,25)26/h3-10,13H,2,11-12H2,1H3,(H,22,24)(H2,21,25,26). The zero-order valence-electron chi connectivity index (χ0n) is 15.4. The smallest absolute Gasteiger partial charge is 0.256 e. The molecule has 0 aliphatic heterocycles. The Labute approximate surface area is 163 Å². The fraction of sp³-hybridized carbons (Fsp3) is 0.200. The van der Waals surface area contributed by atoms with Crippen molar-refractivity contribution in [1.29, 1.82) is 0 Å². The van der Waals surface area contributed by atoms with E-state index in [0.29, 0.717) is 31.0 Å². The van der Waals surface area contributed by atoms with Crippen LogP contribution in [0, 0.1) is 0 Å². The summed E-state index contributed by atoms with van der Waals surface area (Å²) in [6.07, 6.45) is 0.543. The normalized spacial score (nSPS) is 11.4. The zero-order valence-corrected chi connectivity index (χ0v) is 16.2. The number of fused-ring (bicyclic) bond motifs is 1. The van der Waals surface area contributed by atoms with Gasteiger partial charge in [-0.1, -0.05) is 30.3 Å². The van der Waals surface area contributed by atoms with E-state index in [1.54, 1.807) is 18.2 Å². The molecule has 0 spiro atoms. The summed E-state index contributed by atoms with van der Waals surface area (Å²) >= 11 is 0. The molecule has 146 valence electrons. The monoisotopic (exact) mass is 399 g/mol. The Morgan fingerprint density at radius 3 is 2.54 bits per heavy atom. The van der Waals surface area contributed by atoms with Crippen molar-refractivity contribution in [2.24, 2.45) is 5.14 Å². The van der Waals surface area contributed by atoms with Gasteiger partial charge < -0.3 is 10.1 Å². The van der Waals surface area contributed by atoms with Crippen LogP contribution in [0.25, 0.3) is 10.9 Å². The second kappa shape index (κ2) is 8.37. The van der Waals surface area contributed by atoms with Crippen molar-refractivity contribution in [2.45, 2.75) is 18.2 Å². The van der Waals surface area contributed by atoms with Gasteiger partial charge in [-0.05, 0) is 43.2 Å². The third-order valence-corrected chi connectivity index (χ3v) is 5.10. The van der Waals surface area contributed by atoms with E-state index in [0.717, 1.165) is 16.5 Å². The number of nitrogens with one attached hydrogen (secondary N) is 1. The molecule has 3 rings (SSSR count). The molecule has 0 atom stereocenters. The van der Waals surface area contributed by atoms with Gasteiger partial charge >= 0.3 is 0 Å². The molecule has 0 saturated carbocycles. The first-order valence-electron chi connectivity index (χ1n) is 8.81. The average Bonchev–Trinajstić information content (AvgIpc) is 2.67. The summed E-state index contributed by atoms with van der Waals surface area (Å²) in [5.41, 5.74) is 2.02. The minimum Gasteiger partial charge on any atom is -0.477 e. The van der Waals surface area contributed by atoms with Crippen molar-refractivity contribution in [1.82, 2.24) is 10.3 Å². The van der Waals surface area contributed by atoms with Crippen molar-refractivity contribution >= 4 is 26.8 Å². The van der Waals surface area contributed by atoms with Crippen molar-refractivity contribution in [3.63, 3.8) is 0 Å². The summed E-state index contributed by atoms with van der Waals surface area (Å²) in [6, 6.07) is 15.5. The Hall–Kier alpha value is -2.97. The van der Waals surface area contributed by atoms with Crippen LogP contribution < -0.4 is 15.2 Å². The minimum absolute atomic E-state index is 0.0591.